The van der Waals surface area contributed by atoms with Gasteiger partial charge in [0.2, 0.25) is 5.82 Å². The average molecular weight is 234 g/mol. The van der Waals surface area contributed by atoms with E-state index in [1.807, 2.05) is 13.8 Å². The molecule has 92 valence electrons. The second-order valence-corrected chi connectivity index (χ2v) is 4.75. The van der Waals surface area contributed by atoms with Crippen molar-refractivity contribution < 1.29 is 4.79 Å². The van der Waals surface area contributed by atoms with E-state index in [9.17, 15) is 4.79 Å². The van der Waals surface area contributed by atoms with Crippen LogP contribution in [0.25, 0.3) is 0 Å². The third kappa shape index (κ3) is 2.54. The molecule has 0 saturated heterocycles. The van der Waals surface area contributed by atoms with E-state index in [1.165, 1.54) is 5.57 Å². The highest BCUT2D eigenvalue weighted by atomic mass is 16.2. The van der Waals surface area contributed by atoms with Crippen LogP contribution in [0.2, 0.25) is 0 Å². The predicted octanol–water partition coefficient (Wildman–Crippen LogP) is 1.72. The quantitative estimate of drug-likeness (QED) is 0.792. The molecule has 1 aromatic rings. The molecular weight excluding hydrogens is 216 g/mol. The van der Waals surface area contributed by atoms with Crippen LogP contribution in [0.5, 0.6) is 0 Å². The number of H-pyrrole nitrogens is 1. The Morgan fingerprint density at radius 3 is 2.82 bits per heavy atom. The summed E-state index contributed by atoms with van der Waals surface area (Å²) in [5, 5.41) is 6.79. The molecule has 1 aromatic heterocycles. The maximum absolute atomic E-state index is 12.1. The van der Waals surface area contributed by atoms with Gasteiger partial charge in [0.15, 0.2) is 0 Å². The van der Waals surface area contributed by atoms with Gasteiger partial charge in [0, 0.05) is 19.0 Å². The Balaban J connectivity index is 2.09. The molecule has 5 nitrogen and oxygen atoms in total. The summed E-state index contributed by atoms with van der Waals surface area (Å²) in [5.41, 5.74) is 1.34. The van der Waals surface area contributed by atoms with Gasteiger partial charge in [0.25, 0.3) is 5.91 Å². The molecule has 5 heteroatoms. The summed E-state index contributed by atoms with van der Waals surface area (Å²) in [6, 6.07) is 0. The lowest BCUT2D eigenvalue weighted by Crippen LogP contribution is -2.35. The highest BCUT2D eigenvalue weighted by Gasteiger charge is 2.21. The Labute approximate surface area is 101 Å². The first-order valence-electron chi connectivity index (χ1n) is 5.95. The van der Waals surface area contributed by atoms with Crippen LogP contribution >= 0.6 is 0 Å². The number of amides is 1. The molecule has 0 unspecified atom stereocenters. The topological polar surface area (TPSA) is 61.9 Å². The zero-order valence-electron chi connectivity index (χ0n) is 10.5. The van der Waals surface area contributed by atoms with E-state index in [0.717, 1.165) is 18.8 Å². The first-order chi connectivity index (χ1) is 8.08. The molecule has 1 amide bonds. The second kappa shape index (κ2) is 4.69. The first kappa shape index (κ1) is 11.8. The minimum absolute atomic E-state index is 0.0862. The number of nitrogens with one attached hydrogen (secondary N) is 1. The van der Waals surface area contributed by atoms with Crippen LogP contribution in [0, 0.1) is 0 Å². The third-order valence-corrected chi connectivity index (χ3v) is 2.96. The number of carbonyl (C=O) groups is 1. The lowest BCUT2D eigenvalue weighted by atomic mass is 10.1. The van der Waals surface area contributed by atoms with Crippen molar-refractivity contribution in [2.45, 2.75) is 33.1 Å². The molecule has 1 aliphatic rings. The summed E-state index contributed by atoms with van der Waals surface area (Å²) in [6.45, 7) is 7.54. The third-order valence-electron chi connectivity index (χ3n) is 2.96. The fourth-order valence-electron chi connectivity index (χ4n) is 1.72. The van der Waals surface area contributed by atoms with Crippen LogP contribution < -0.4 is 0 Å². The lowest BCUT2D eigenvalue weighted by molar-refractivity contribution is 0.0757. The summed E-state index contributed by atoms with van der Waals surface area (Å²) >= 11 is 0. The van der Waals surface area contributed by atoms with Gasteiger partial charge < -0.3 is 4.90 Å². The molecule has 0 saturated carbocycles. The van der Waals surface area contributed by atoms with Crippen LogP contribution in [0.4, 0.5) is 0 Å². The molecular formula is C12H18N4O. The minimum Gasteiger partial charge on any atom is -0.332 e. The van der Waals surface area contributed by atoms with Gasteiger partial charge in [0.05, 0.1) is 0 Å². The van der Waals surface area contributed by atoms with E-state index < -0.39 is 0 Å². The maximum Gasteiger partial charge on any atom is 0.293 e. The molecule has 0 spiro atoms. The average Bonchev–Trinajstić information content (AvgIpc) is 2.78. The highest BCUT2D eigenvalue weighted by molar-refractivity contribution is 5.90. The Morgan fingerprint density at radius 2 is 2.29 bits per heavy atom. The van der Waals surface area contributed by atoms with Crippen molar-refractivity contribution in [1.29, 1.82) is 0 Å². The first-order valence-corrected chi connectivity index (χ1v) is 5.95. The fourth-order valence-corrected chi connectivity index (χ4v) is 1.72. The minimum atomic E-state index is -0.0862. The monoisotopic (exact) mass is 234 g/mol. The standard InChI is InChI=1S/C12H18N4O/c1-8(2)10-13-11(15-14-10)12(17)16-6-4-9(3)5-7-16/h4,8H,5-7H2,1-3H3,(H,13,14,15). The van der Waals surface area contributed by atoms with E-state index in [1.54, 1.807) is 4.90 Å². The predicted molar refractivity (Wildman–Crippen MR) is 64.7 cm³/mol. The van der Waals surface area contributed by atoms with Crippen LogP contribution in [0.1, 0.15) is 49.6 Å². The number of rotatable bonds is 2. The van der Waals surface area contributed by atoms with E-state index in [0.29, 0.717) is 6.54 Å². The molecule has 0 aliphatic carbocycles. The molecule has 0 bridgehead atoms. The van der Waals surface area contributed by atoms with Crippen LogP contribution in [0.15, 0.2) is 11.6 Å². The molecule has 17 heavy (non-hydrogen) atoms. The number of aromatic amines is 1. The van der Waals surface area contributed by atoms with E-state index in [2.05, 4.69) is 28.2 Å². The summed E-state index contributed by atoms with van der Waals surface area (Å²) in [5.74, 6) is 1.21. The van der Waals surface area contributed by atoms with Crippen molar-refractivity contribution in [3.05, 3.63) is 23.3 Å². The van der Waals surface area contributed by atoms with Crippen molar-refractivity contribution in [3.63, 3.8) is 0 Å². The van der Waals surface area contributed by atoms with E-state index in [4.69, 9.17) is 0 Å². The highest BCUT2D eigenvalue weighted by Crippen LogP contribution is 2.13. The number of hydrogen-bond acceptors (Lipinski definition) is 3. The molecule has 0 atom stereocenters. The van der Waals surface area contributed by atoms with Gasteiger partial charge in [0.1, 0.15) is 5.82 Å². The Morgan fingerprint density at radius 1 is 1.53 bits per heavy atom. The molecule has 1 N–H and O–H groups in total. The molecule has 0 aromatic carbocycles. The van der Waals surface area contributed by atoms with Crippen molar-refractivity contribution >= 4 is 5.91 Å². The zero-order chi connectivity index (χ0) is 12.4. The summed E-state index contributed by atoms with van der Waals surface area (Å²) < 4.78 is 0. The Hall–Kier alpha value is -1.65. The number of aromatic nitrogens is 3. The van der Waals surface area contributed by atoms with Gasteiger partial charge >= 0.3 is 0 Å². The zero-order valence-corrected chi connectivity index (χ0v) is 10.5. The number of nitrogens with zero attached hydrogens (tertiary/aromatic N) is 3. The normalized spacial score (nSPS) is 16.2. The Kier molecular flexibility index (Phi) is 3.26. The molecule has 0 radical (unpaired) electrons. The summed E-state index contributed by atoms with van der Waals surface area (Å²) in [7, 11) is 0. The van der Waals surface area contributed by atoms with Crippen molar-refractivity contribution in [1.82, 2.24) is 20.1 Å². The Bertz CT molecular complexity index is 447. The molecule has 2 rings (SSSR count). The van der Waals surface area contributed by atoms with Crippen molar-refractivity contribution in [2.24, 2.45) is 0 Å². The summed E-state index contributed by atoms with van der Waals surface area (Å²) in [4.78, 5) is 18.1. The lowest BCUT2D eigenvalue weighted by Gasteiger charge is -2.24. The number of carbonyl (C=O) groups excluding carboxylic acids is 1. The van der Waals surface area contributed by atoms with Crippen molar-refractivity contribution in [2.75, 3.05) is 13.1 Å². The number of hydrogen-bond donors (Lipinski definition) is 1. The maximum atomic E-state index is 12.1. The van der Waals surface area contributed by atoms with Crippen LogP contribution in [0.3, 0.4) is 0 Å². The SMILES string of the molecule is CC1=CCN(C(=O)c2n[nH]c(C(C)C)n2)CC1. The van der Waals surface area contributed by atoms with Gasteiger partial charge in [-0.15, -0.1) is 5.10 Å². The van der Waals surface area contributed by atoms with E-state index >= 15 is 0 Å². The second-order valence-electron chi connectivity index (χ2n) is 4.75. The van der Waals surface area contributed by atoms with Crippen molar-refractivity contribution in [3.8, 4) is 0 Å². The fraction of sp³-hybridized carbons (Fsp3) is 0.583. The van der Waals surface area contributed by atoms with Gasteiger partial charge in [-0.25, -0.2) is 4.98 Å². The van der Waals surface area contributed by atoms with Crippen LogP contribution in [-0.2, 0) is 0 Å². The van der Waals surface area contributed by atoms with Gasteiger partial charge in [-0.05, 0) is 13.3 Å². The molecule has 0 fully saturated rings. The van der Waals surface area contributed by atoms with Gasteiger partial charge in [-0.3, -0.25) is 9.89 Å². The molecule has 1 aliphatic heterocycles. The smallest absolute Gasteiger partial charge is 0.293 e. The summed E-state index contributed by atoms with van der Waals surface area (Å²) in [6.07, 6.45) is 3.02. The van der Waals surface area contributed by atoms with Gasteiger partial charge in [-0.1, -0.05) is 25.5 Å². The molecule has 2 heterocycles. The largest absolute Gasteiger partial charge is 0.332 e. The van der Waals surface area contributed by atoms with Crippen LogP contribution in [-0.4, -0.2) is 39.1 Å². The van der Waals surface area contributed by atoms with Gasteiger partial charge in [-0.2, -0.15) is 0 Å². The van der Waals surface area contributed by atoms with E-state index in [-0.39, 0.29) is 17.6 Å².